The first-order chi connectivity index (χ1) is 13.2. The van der Waals surface area contributed by atoms with Crippen LogP contribution in [0.2, 0.25) is 15.2 Å². The highest BCUT2D eigenvalue weighted by Crippen LogP contribution is 2.22. The predicted octanol–water partition coefficient (Wildman–Crippen LogP) is 0.665. The topological polar surface area (TPSA) is 196 Å². The van der Waals surface area contributed by atoms with Crippen molar-refractivity contribution in [3.8, 4) is 0 Å². The maximum atomic E-state index is 12.0. The highest BCUT2D eigenvalue weighted by molar-refractivity contribution is 6.42. The van der Waals surface area contributed by atoms with Crippen LogP contribution in [0.3, 0.4) is 0 Å². The van der Waals surface area contributed by atoms with Crippen LogP contribution in [0.5, 0.6) is 0 Å². The van der Waals surface area contributed by atoms with Crippen molar-refractivity contribution in [2.24, 2.45) is 21.5 Å². The number of carbonyl (C=O) groups is 1. The number of aliphatic imine (C=N–C) groups is 2. The molecule has 28 heavy (non-hydrogen) atoms. The molecule has 14 heteroatoms. The summed E-state index contributed by atoms with van der Waals surface area (Å²) in [5, 5.41) is 0.655. The van der Waals surface area contributed by atoms with E-state index >= 15 is 0 Å². The van der Waals surface area contributed by atoms with Gasteiger partial charge in [-0.1, -0.05) is 40.9 Å². The first-order valence-corrected chi connectivity index (χ1v) is 8.53. The Morgan fingerprint density at radius 3 is 2.43 bits per heavy atom. The van der Waals surface area contributed by atoms with Gasteiger partial charge in [0, 0.05) is 0 Å². The number of nitrogen functional groups attached to an aromatic ring is 2. The average Bonchev–Trinajstić information content (AvgIpc) is 2.63. The third kappa shape index (κ3) is 5.74. The molecule has 0 aliphatic heterocycles. The lowest BCUT2D eigenvalue weighted by Gasteiger charge is -2.09. The molecule has 0 spiro atoms. The average molecular weight is 446 g/mol. The molecular weight excluding hydrogens is 431 g/mol. The van der Waals surface area contributed by atoms with Crippen molar-refractivity contribution < 1.29 is 4.79 Å². The van der Waals surface area contributed by atoms with Crippen LogP contribution in [0, 0.1) is 0 Å². The molecule has 1 aromatic heterocycles. The first kappa shape index (κ1) is 21.3. The van der Waals surface area contributed by atoms with Crippen LogP contribution in [-0.2, 0) is 6.54 Å². The molecule has 1 aromatic carbocycles. The predicted molar refractivity (Wildman–Crippen MR) is 110 cm³/mol. The Labute approximate surface area is 174 Å². The minimum absolute atomic E-state index is 0.101. The molecule has 2 aromatic rings. The summed E-state index contributed by atoms with van der Waals surface area (Å²) in [5.74, 6) is -1.46. The number of hydrogen-bond donors (Lipinski definition) is 6. The summed E-state index contributed by atoms with van der Waals surface area (Å²) in [6.45, 7) is 0.196. The fourth-order valence-electron chi connectivity index (χ4n) is 1.79. The van der Waals surface area contributed by atoms with Crippen molar-refractivity contribution in [2.75, 3.05) is 11.5 Å². The highest BCUT2D eigenvalue weighted by Gasteiger charge is 2.15. The van der Waals surface area contributed by atoms with Gasteiger partial charge in [0.15, 0.2) is 22.5 Å². The molecule has 11 nitrogen and oxygen atoms in total. The number of rotatable bonds is 3. The van der Waals surface area contributed by atoms with E-state index in [0.717, 1.165) is 5.56 Å². The lowest BCUT2D eigenvalue weighted by atomic mass is 10.2. The van der Waals surface area contributed by atoms with Crippen LogP contribution >= 0.6 is 34.8 Å². The number of hydrazine groups is 1. The summed E-state index contributed by atoms with van der Waals surface area (Å²) in [6, 6.07) is 5.02. The summed E-state index contributed by atoms with van der Waals surface area (Å²) >= 11 is 17.5. The molecule has 148 valence electrons. The molecule has 0 fully saturated rings. The Morgan fingerprint density at radius 1 is 1.04 bits per heavy atom. The number of hydrogen-bond acceptors (Lipinski definition) is 6. The standard InChI is InChI=1S/C14H15Cl3N10O/c15-6-2-1-5(3-7(6)16)4-22-13(20)25-14(21)27-26-12(28)8-10(18)24-11(19)9(17)23-8/h1-3H,4H2,(H,26,28)(H4,18,19,24)(H5,20,21,22,25,27). The van der Waals surface area contributed by atoms with E-state index in [0.29, 0.717) is 10.0 Å². The number of anilines is 2. The molecule has 0 atom stereocenters. The van der Waals surface area contributed by atoms with E-state index in [-0.39, 0.29) is 40.9 Å². The van der Waals surface area contributed by atoms with Gasteiger partial charge in [0.25, 0.3) is 5.91 Å². The Kier molecular flexibility index (Phi) is 7.04. The lowest BCUT2D eigenvalue weighted by molar-refractivity contribution is 0.0939. The van der Waals surface area contributed by atoms with Gasteiger partial charge in [-0.15, -0.1) is 0 Å². The third-order valence-electron chi connectivity index (χ3n) is 3.07. The normalized spacial score (nSPS) is 12.0. The number of halogens is 3. The number of nitrogens with two attached hydrogens (primary N) is 4. The second-order valence-corrected chi connectivity index (χ2v) is 6.30. The van der Waals surface area contributed by atoms with Gasteiger partial charge in [0.2, 0.25) is 11.9 Å². The van der Waals surface area contributed by atoms with Gasteiger partial charge in [-0.25, -0.2) is 15.0 Å². The zero-order valence-corrected chi connectivity index (χ0v) is 16.3. The Bertz CT molecular complexity index is 963. The Balaban J connectivity index is 1.96. The number of benzene rings is 1. The molecule has 0 bridgehead atoms. The number of aromatic nitrogens is 2. The fraction of sp³-hybridized carbons (Fsp3) is 0.0714. The van der Waals surface area contributed by atoms with E-state index in [9.17, 15) is 4.79 Å². The van der Waals surface area contributed by atoms with Gasteiger partial charge >= 0.3 is 0 Å². The SMILES string of the molecule is NC(=NCc1ccc(Cl)c(Cl)c1)/N=C(\N)NNC(=O)c1nc(Cl)c(N)nc1N. The molecule has 0 aliphatic carbocycles. The number of nitrogens with one attached hydrogen (secondary N) is 2. The maximum Gasteiger partial charge on any atom is 0.292 e. The summed E-state index contributed by atoms with van der Waals surface area (Å²) in [6.07, 6.45) is 0. The van der Waals surface area contributed by atoms with Gasteiger partial charge in [-0.05, 0) is 17.7 Å². The summed E-state index contributed by atoms with van der Waals surface area (Å²) < 4.78 is 0. The van der Waals surface area contributed by atoms with Crippen molar-refractivity contribution in [1.29, 1.82) is 0 Å². The largest absolute Gasteiger partial charge is 0.382 e. The monoisotopic (exact) mass is 444 g/mol. The second-order valence-electron chi connectivity index (χ2n) is 5.13. The summed E-state index contributed by atoms with van der Waals surface area (Å²) in [5.41, 5.74) is 27.3. The van der Waals surface area contributed by atoms with Crippen molar-refractivity contribution in [1.82, 2.24) is 20.8 Å². The molecule has 0 saturated heterocycles. The van der Waals surface area contributed by atoms with E-state index in [1.54, 1.807) is 18.2 Å². The van der Waals surface area contributed by atoms with Gasteiger partial charge in [0.05, 0.1) is 16.6 Å². The maximum absolute atomic E-state index is 12.0. The van der Waals surface area contributed by atoms with E-state index in [1.165, 1.54) is 0 Å². The van der Waals surface area contributed by atoms with E-state index in [4.69, 9.17) is 57.7 Å². The number of guanidine groups is 2. The van der Waals surface area contributed by atoms with Crippen molar-refractivity contribution in [3.05, 3.63) is 44.7 Å². The molecule has 10 N–H and O–H groups in total. The van der Waals surface area contributed by atoms with Crippen LogP contribution in [0.4, 0.5) is 11.6 Å². The summed E-state index contributed by atoms with van der Waals surface area (Å²) in [4.78, 5) is 27.3. The smallest absolute Gasteiger partial charge is 0.292 e. The number of amides is 1. The zero-order valence-electron chi connectivity index (χ0n) is 14.1. The molecular formula is C14H15Cl3N10O. The molecule has 0 saturated carbocycles. The van der Waals surface area contributed by atoms with Gasteiger partial charge in [0.1, 0.15) is 0 Å². The van der Waals surface area contributed by atoms with Crippen LogP contribution in [0.25, 0.3) is 0 Å². The van der Waals surface area contributed by atoms with Gasteiger partial charge < -0.3 is 22.9 Å². The molecule has 2 rings (SSSR count). The van der Waals surface area contributed by atoms with Crippen molar-refractivity contribution in [3.63, 3.8) is 0 Å². The fourth-order valence-corrected chi connectivity index (χ4v) is 2.23. The molecule has 0 radical (unpaired) electrons. The van der Waals surface area contributed by atoms with Gasteiger partial charge in [-0.3, -0.25) is 15.6 Å². The molecule has 0 aliphatic rings. The first-order valence-electron chi connectivity index (χ1n) is 7.40. The number of nitrogens with zero attached hydrogens (tertiary/aromatic N) is 4. The van der Waals surface area contributed by atoms with E-state index < -0.39 is 5.91 Å². The lowest BCUT2D eigenvalue weighted by Crippen LogP contribution is -2.46. The number of carbonyl (C=O) groups excluding carboxylic acids is 1. The summed E-state index contributed by atoms with van der Waals surface area (Å²) in [7, 11) is 0. The minimum Gasteiger partial charge on any atom is -0.382 e. The van der Waals surface area contributed by atoms with Gasteiger partial charge in [-0.2, -0.15) is 4.99 Å². The van der Waals surface area contributed by atoms with Crippen molar-refractivity contribution in [2.45, 2.75) is 6.54 Å². The van der Waals surface area contributed by atoms with Crippen LogP contribution < -0.4 is 33.8 Å². The highest BCUT2D eigenvalue weighted by atomic mass is 35.5. The van der Waals surface area contributed by atoms with E-state index in [1.807, 2.05) is 0 Å². The zero-order chi connectivity index (χ0) is 20.8. The Hall–Kier alpha value is -3.02. The van der Waals surface area contributed by atoms with Crippen LogP contribution in [0.1, 0.15) is 16.1 Å². The third-order valence-corrected chi connectivity index (χ3v) is 4.08. The van der Waals surface area contributed by atoms with Crippen LogP contribution in [-0.4, -0.2) is 27.8 Å². The van der Waals surface area contributed by atoms with E-state index in [2.05, 4.69) is 30.8 Å². The van der Waals surface area contributed by atoms with Crippen molar-refractivity contribution >= 4 is 64.3 Å². The molecule has 1 amide bonds. The molecule has 1 heterocycles. The Morgan fingerprint density at radius 2 is 1.75 bits per heavy atom. The quantitative estimate of drug-likeness (QED) is 0.225. The second kappa shape index (κ2) is 9.26. The minimum atomic E-state index is -0.767. The molecule has 0 unspecified atom stereocenters. The van der Waals surface area contributed by atoms with Crippen LogP contribution in [0.15, 0.2) is 28.2 Å².